The molecule has 0 saturated heterocycles. The van der Waals surface area contributed by atoms with Crippen LogP contribution in [-0.4, -0.2) is 52.2 Å². The number of rotatable bonds is 9. The SMILES string of the molecule is CN=C(NCCCCSC)NCCc1ccc(N(C)C)cc1.I. The van der Waals surface area contributed by atoms with Crippen molar-refractivity contribution in [2.24, 2.45) is 4.99 Å². The molecule has 23 heavy (non-hydrogen) atoms. The first-order valence-corrected chi connectivity index (χ1v) is 9.26. The van der Waals surface area contributed by atoms with Gasteiger partial charge in [-0.2, -0.15) is 11.8 Å². The van der Waals surface area contributed by atoms with E-state index < -0.39 is 0 Å². The summed E-state index contributed by atoms with van der Waals surface area (Å²) in [6, 6.07) is 8.70. The Bertz CT molecular complexity index is 435. The summed E-state index contributed by atoms with van der Waals surface area (Å²) in [5.74, 6) is 2.13. The van der Waals surface area contributed by atoms with Gasteiger partial charge in [-0.25, -0.2) is 0 Å². The number of halogens is 1. The molecule has 0 aliphatic carbocycles. The van der Waals surface area contributed by atoms with E-state index in [2.05, 4.69) is 65.1 Å². The molecule has 0 aliphatic heterocycles. The number of nitrogens with one attached hydrogen (secondary N) is 2. The summed E-state index contributed by atoms with van der Waals surface area (Å²) in [4.78, 5) is 6.37. The third kappa shape index (κ3) is 9.96. The highest BCUT2D eigenvalue weighted by molar-refractivity contribution is 14.0. The Hall–Kier alpha value is -0.630. The molecule has 2 N–H and O–H groups in total. The van der Waals surface area contributed by atoms with Crippen molar-refractivity contribution >= 4 is 47.4 Å². The first-order chi connectivity index (χ1) is 10.7. The topological polar surface area (TPSA) is 39.7 Å². The average Bonchev–Trinajstić information content (AvgIpc) is 2.53. The second-order valence-electron chi connectivity index (χ2n) is 5.44. The lowest BCUT2D eigenvalue weighted by Crippen LogP contribution is -2.38. The quantitative estimate of drug-likeness (QED) is 0.262. The summed E-state index contributed by atoms with van der Waals surface area (Å²) < 4.78 is 0. The minimum Gasteiger partial charge on any atom is -0.378 e. The molecule has 1 aromatic carbocycles. The predicted molar refractivity (Wildman–Crippen MR) is 117 cm³/mol. The minimum absolute atomic E-state index is 0. The van der Waals surface area contributed by atoms with Crippen LogP contribution in [0.4, 0.5) is 5.69 Å². The standard InChI is InChI=1S/C17H30N4S.HI/c1-18-17(19-12-5-6-14-22-4)20-13-11-15-7-9-16(10-8-15)21(2)3;/h7-10H,5-6,11-14H2,1-4H3,(H2,18,19,20);1H. The molecule has 0 aromatic heterocycles. The van der Waals surface area contributed by atoms with E-state index in [9.17, 15) is 0 Å². The lowest BCUT2D eigenvalue weighted by Gasteiger charge is -2.14. The van der Waals surface area contributed by atoms with Crippen molar-refractivity contribution in [3.05, 3.63) is 29.8 Å². The van der Waals surface area contributed by atoms with E-state index in [4.69, 9.17) is 0 Å². The van der Waals surface area contributed by atoms with Crippen LogP contribution >= 0.6 is 35.7 Å². The van der Waals surface area contributed by atoms with Crippen LogP contribution in [0, 0.1) is 0 Å². The zero-order valence-corrected chi connectivity index (χ0v) is 17.9. The molecular weight excluding hydrogens is 419 g/mol. The van der Waals surface area contributed by atoms with Crippen molar-refractivity contribution in [2.75, 3.05) is 51.1 Å². The Labute approximate surface area is 162 Å². The summed E-state index contributed by atoms with van der Waals surface area (Å²) in [5, 5.41) is 6.73. The third-order valence-corrected chi connectivity index (χ3v) is 4.15. The molecule has 0 unspecified atom stereocenters. The number of hydrogen-bond acceptors (Lipinski definition) is 3. The van der Waals surface area contributed by atoms with Gasteiger partial charge in [0.25, 0.3) is 0 Å². The van der Waals surface area contributed by atoms with Crippen molar-refractivity contribution in [2.45, 2.75) is 19.3 Å². The monoisotopic (exact) mass is 450 g/mol. The number of thioether (sulfide) groups is 1. The molecule has 0 bridgehead atoms. The molecular formula is C17H31IN4S. The molecule has 1 rings (SSSR count). The van der Waals surface area contributed by atoms with Crippen molar-refractivity contribution in [3.8, 4) is 0 Å². The van der Waals surface area contributed by atoms with E-state index in [1.807, 2.05) is 18.8 Å². The first kappa shape index (κ1) is 22.4. The fourth-order valence-corrected chi connectivity index (χ4v) is 2.58. The summed E-state index contributed by atoms with van der Waals surface area (Å²) in [6.45, 7) is 1.88. The van der Waals surface area contributed by atoms with E-state index in [0.717, 1.165) is 25.5 Å². The average molecular weight is 450 g/mol. The lowest BCUT2D eigenvalue weighted by atomic mass is 10.1. The summed E-state index contributed by atoms with van der Waals surface area (Å²) in [7, 11) is 5.94. The van der Waals surface area contributed by atoms with Crippen LogP contribution in [0.3, 0.4) is 0 Å². The second-order valence-corrected chi connectivity index (χ2v) is 6.42. The van der Waals surface area contributed by atoms with E-state index in [1.54, 1.807) is 0 Å². The van der Waals surface area contributed by atoms with E-state index in [0.29, 0.717) is 0 Å². The predicted octanol–water partition coefficient (Wildman–Crippen LogP) is 3.22. The first-order valence-electron chi connectivity index (χ1n) is 7.87. The maximum absolute atomic E-state index is 4.26. The van der Waals surface area contributed by atoms with Gasteiger partial charge in [0, 0.05) is 39.9 Å². The van der Waals surface area contributed by atoms with Gasteiger partial charge in [0.15, 0.2) is 5.96 Å². The van der Waals surface area contributed by atoms with E-state index in [-0.39, 0.29) is 24.0 Å². The highest BCUT2D eigenvalue weighted by Crippen LogP contribution is 2.12. The van der Waals surface area contributed by atoms with Gasteiger partial charge >= 0.3 is 0 Å². The van der Waals surface area contributed by atoms with Crippen LogP contribution in [0.15, 0.2) is 29.3 Å². The Balaban J connectivity index is 0.00000484. The molecule has 0 aliphatic rings. The van der Waals surface area contributed by atoms with Crippen molar-refractivity contribution in [1.29, 1.82) is 0 Å². The zero-order valence-electron chi connectivity index (χ0n) is 14.8. The lowest BCUT2D eigenvalue weighted by molar-refractivity contribution is 0.730. The maximum Gasteiger partial charge on any atom is 0.190 e. The number of aliphatic imine (C=N–C) groups is 1. The fourth-order valence-electron chi connectivity index (χ4n) is 2.08. The fraction of sp³-hybridized carbons (Fsp3) is 0.588. The van der Waals surface area contributed by atoms with Gasteiger partial charge in [-0.1, -0.05) is 12.1 Å². The number of unbranched alkanes of at least 4 members (excludes halogenated alkanes) is 1. The summed E-state index contributed by atoms with van der Waals surface area (Å²) in [6.07, 6.45) is 5.59. The summed E-state index contributed by atoms with van der Waals surface area (Å²) >= 11 is 1.90. The molecule has 6 heteroatoms. The Kier molecular flexibility index (Phi) is 13.4. The molecule has 0 atom stereocenters. The van der Waals surface area contributed by atoms with Crippen molar-refractivity contribution in [3.63, 3.8) is 0 Å². The van der Waals surface area contributed by atoms with Gasteiger partial charge in [0.1, 0.15) is 0 Å². The molecule has 0 fully saturated rings. The van der Waals surface area contributed by atoms with Crippen LogP contribution in [0.5, 0.6) is 0 Å². The van der Waals surface area contributed by atoms with Crippen LogP contribution in [-0.2, 0) is 6.42 Å². The highest BCUT2D eigenvalue weighted by atomic mass is 127. The molecule has 0 heterocycles. The molecule has 1 aromatic rings. The van der Waals surface area contributed by atoms with E-state index >= 15 is 0 Å². The zero-order chi connectivity index (χ0) is 16.2. The van der Waals surface area contributed by atoms with Gasteiger partial charge in [-0.15, -0.1) is 24.0 Å². The number of nitrogens with zero attached hydrogens (tertiary/aromatic N) is 2. The van der Waals surface area contributed by atoms with Crippen LogP contribution in [0.2, 0.25) is 0 Å². The van der Waals surface area contributed by atoms with E-state index in [1.165, 1.54) is 29.8 Å². The molecule has 0 spiro atoms. The maximum atomic E-state index is 4.26. The molecule has 0 radical (unpaired) electrons. The van der Waals surface area contributed by atoms with Gasteiger partial charge < -0.3 is 15.5 Å². The van der Waals surface area contributed by atoms with Gasteiger partial charge in [-0.05, 0) is 49.0 Å². The molecule has 0 amide bonds. The third-order valence-electron chi connectivity index (χ3n) is 3.45. The highest BCUT2D eigenvalue weighted by Gasteiger charge is 1.99. The van der Waals surface area contributed by atoms with Crippen molar-refractivity contribution in [1.82, 2.24) is 10.6 Å². The number of benzene rings is 1. The minimum atomic E-state index is 0. The Morgan fingerprint density at radius 1 is 1.09 bits per heavy atom. The largest absolute Gasteiger partial charge is 0.378 e. The smallest absolute Gasteiger partial charge is 0.190 e. The van der Waals surface area contributed by atoms with Crippen LogP contribution in [0.1, 0.15) is 18.4 Å². The van der Waals surface area contributed by atoms with Crippen LogP contribution in [0.25, 0.3) is 0 Å². The van der Waals surface area contributed by atoms with Crippen LogP contribution < -0.4 is 15.5 Å². The molecule has 132 valence electrons. The molecule has 4 nitrogen and oxygen atoms in total. The second kappa shape index (κ2) is 13.8. The Morgan fingerprint density at radius 3 is 2.30 bits per heavy atom. The normalized spacial score (nSPS) is 10.9. The number of anilines is 1. The van der Waals surface area contributed by atoms with Gasteiger partial charge in [0.05, 0.1) is 0 Å². The Morgan fingerprint density at radius 2 is 1.74 bits per heavy atom. The number of guanidine groups is 1. The molecule has 0 saturated carbocycles. The summed E-state index contributed by atoms with van der Waals surface area (Å²) in [5.41, 5.74) is 2.58. The van der Waals surface area contributed by atoms with Crippen molar-refractivity contribution < 1.29 is 0 Å². The van der Waals surface area contributed by atoms with Gasteiger partial charge in [0.2, 0.25) is 0 Å². The number of hydrogen-bond donors (Lipinski definition) is 2. The van der Waals surface area contributed by atoms with Gasteiger partial charge in [-0.3, -0.25) is 4.99 Å².